The lowest BCUT2D eigenvalue weighted by atomic mass is 10.1. The number of hydrogen-bond acceptors (Lipinski definition) is 5. The summed E-state index contributed by atoms with van der Waals surface area (Å²) in [6.45, 7) is 3.17. The Morgan fingerprint density at radius 2 is 1.52 bits per heavy atom. The van der Waals surface area contributed by atoms with E-state index in [1.807, 2.05) is 43.3 Å². The molecule has 0 aliphatic carbocycles. The molecule has 5 nitrogen and oxygen atoms in total. The van der Waals surface area contributed by atoms with Crippen LogP contribution in [0.5, 0.6) is 0 Å². The average molecular weight is 307 g/mol. The Balaban J connectivity index is 1.60. The highest BCUT2D eigenvalue weighted by Gasteiger charge is 2.24. The van der Waals surface area contributed by atoms with Gasteiger partial charge in [0.15, 0.2) is 0 Å². The van der Waals surface area contributed by atoms with Crippen LogP contribution >= 0.6 is 0 Å². The van der Waals surface area contributed by atoms with Gasteiger partial charge in [-0.1, -0.05) is 36.4 Å². The van der Waals surface area contributed by atoms with Crippen molar-refractivity contribution in [2.75, 3.05) is 13.2 Å². The number of rotatable bonds is 3. The first-order valence-electron chi connectivity index (χ1n) is 7.73. The number of ether oxygens (including phenoxy) is 2. The van der Waals surface area contributed by atoms with Gasteiger partial charge < -0.3 is 9.47 Å². The van der Waals surface area contributed by atoms with Gasteiger partial charge in [-0.2, -0.15) is 0 Å². The summed E-state index contributed by atoms with van der Waals surface area (Å²) in [5, 5.41) is 0. The zero-order valence-electron chi connectivity index (χ0n) is 12.8. The minimum atomic E-state index is 0.0248. The van der Waals surface area contributed by atoms with Crippen LogP contribution < -0.4 is 0 Å². The third-order valence-corrected chi connectivity index (χ3v) is 3.82. The molecule has 3 heterocycles. The molecule has 1 aromatic carbocycles. The van der Waals surface area contributed by atoms with E-state index in [9.17, 15) is 0 Å². The smallest absolute Gasteiger partial charge is 0.236 e. The first-order chi connectivity index (χ1) is 11.3. The Hall–Kier alpha value is -2.69. The molecule has 0 radical (unpaired) electrons. The molecule has 0 N–H and O–H groups in total. The SMILES string of the molecule is C[C@H]1COC(c2cccc(C3=N[C@H](c4ccccc4)CO3)n2)=N1. The van der Waals surface area contributed by atoms with E-state index in [1.54, 1.807) is 0 Å². The number of aromatic nitrogens is 1. The summed E-state index contributed by atoms with van der Waals surface area (Å²) in [5.74, 6) is 1.17. The quantitative estimate of drug-likeness (QED) is 0.876. The maximum Gasteiger partial charge on any atom is 0.236 e. The molecule has 0 spiro atoms. The van der Waals surface area contributed by atoms with Gasteiger partial charge in [-0.25, -0.2) is 15.0 Å². The fraction of sp³-hybridized carbons (Fsp3) is 0.278. The van der Waals surface area contributed by atoms with Crippen LogP contribution in [0, 0.1) is 0 Å². The molecule has 2 atom stereocenters. The summed E-state index contributed by atoms with van der Waals surface area (Å²) in [6, 6.07) is 16.1. The van der Waals surface area contributed by atoms with E-state index in [-0.39, 0.29) is 12.1 Å². The Kier molecular flexibility index (Phi) is 3.54. The fourth-order valence-corrected chi connectivity index (χ4v) is 2.65. The maximum atomic E-state index is 5.75. The second-order valence-electron chi connectivity index (χ2n) is 5.67. The second kappa shape index (κ2) is 5.83. The van der Waals surface area contributed by atoms with E-state index in [4.69, 9.17) is 9.47 Å². The summed E-state index contributed by atoms with van der Waals surface area (Å²) in [5.41, 5.74) is 2.59. The Labute approximate surface area is 134 Å². The zero-order chi connectivity index (χ0) is 15.6. The predicted molar refractivity (Wildman–Crippen MR) is 87.9 cm³/mol. The summed E-state index contributed by atoms with van der Waals surface area (Å²) in [6.07, 6.45) is 0. The van der Waals surface area contributed by atoms with Crippen molar-refractivity contribution in [3.05, 3.63) is 65.5 Å². The van der Waals surface area contributed by atoms with Gasteiger partial charge >= 0.3 is 0 Å². The average Bonchev–Trinajstić information content (AvgIpc) is 3.25. The molecule has 0 amide bonds. The first kappa shape index (κ1) is 13.9. The highest BCUT2D eigenvalue weighted by Crippen LogP contribution is 2.24. The van der Waals surface area contributed by atoms with Crippen LogP contribution in [0.2, 0.25) is 0 Å². The molecule has 0 fully saturated rings. The van der Waals surface area contributed by atoms with Crippen molar-refractivity contribution in [3.63, 3.8) is 0 Å². The molecule has 5 heteroatoms. The van der Waals surface area contributed by atoms with Crippen LogP contribution in [0.3, 0.4) is 0 Å². The van der Waals surface area contributed by atoms with Gasteiger partial charge in [-0.05, 0) is 24.6 Å². The van der Waals surface area contributed by atoms with E-state index >= 15 is 0 Å². The molecule has 4 rings (SSSR count). The van der Waals surface area contributed by atoms with E-state index in [2.05, 4.69) is 27.1 Å². The summed E-state index contributed by atoms with van der Waals surface area (Å²) in [4.78, 5) is 13.7. The van der Waals surface area contributed by atoms with Crippen molar-refractivity contribution in [1.82, 2.24) is 4.98 Å². The standard InChI is InChI=1S/C18H17N3O2/c1-12-10-22-17(19-12)14-8-5-9-15(20-14)18-21-16(11-23-18)13-6-3-2-4-7-13/h2-9,12,16H,10-11H2,1H3/t12-,16-/m0/s1. The van der Waals surface area contributed by atoms with E-state index in [1.165, 1.54) is 0 Å². The summed E-state index contributed by atoms with van der Waals surface area (Å²) < 4.78 is 11.3. The molecule has 0 saturated carbocycles. The van der Waals surface area contributed by atoms with Crippen molar-refractivity contribution in [2.45, 2.75) is 19.0 Å². The summed E-state index contributed by atoms with van der Waals surface area (Å²) >= 11 is 0. The van der Waals surface area contributed by atoms with Gasteiger partial charge in [-0.15, -0.1) is 0 Å². The van der Waals surface area contributed by atoms with Crippen LogP contribution in [0.15, 0.2) is 58.5 Å². The third kappa shape index (κ3) is 2.82. The van der Waals surface area contributed by atoms with Gasteiger partial charge in [-0.3, -0.25) is 0 Å². The summed E-state index contributed by atoms with van der Waals surface area (Å²) in [7, 11) is 0. The molecule has 1 aromatic heterocycles. The molecule has 2 aliphatic heterocycles. The zero-order valence-corrected chi connectivity index (χ0v) is 12.8. The molecule has 0 bridgehead atoms. The fourth-order valence-electron chi connectivity index (χ4n) is 2.65. The van der Waals surface area contributed by atoms with Gasteiger partial charge in [0.2, 0.25) is 11.8 Å². The van der Waals surface area contributed by atoms with Crippen LogP contribution in [0.25, 0.3) is 0 Å². The third-order valence-electron chi connectivity index (χ3n) is 3.82. The highest BCUT2D eigenvalue weighted by atomic mass is 16.5. The topological polar surface area (TPSA) is 56.1 Å². The highest BCUT2D eigenvalue weighted by molar-refractivity contribution is 5.97. The second-order valence-corrected chi connectivity index (χ2v) is 5.67. The van der Waals surface area contributed by atoms with Crippen LogP contribution in [0.4, 0.5) is 0 Å². The Morgan fingerprint density at radius 1 is 0.826 bits per heavy atom. The Bertz CT molecular complexity index is 771. The molecule has 2 aliphatic rings. The maximum absolute atomic E-state index is 5.75. The molecular weight excluding hydrogens is 290 g/mol. The number of benzene rings is 1. The van der Waals surface area contributed by atoms with Crippen LogP contribution in [-0.2, 0) is 9.47 Å². The predicted octanol–water partition coefficient (Wildman–Crippen LogP) is 2.77. The van der Waals surface area contributed by atoms with E-state index < -0.39 is 0 Å². The van der Waals surface area contributed by atoms with Crippen molar-refractivity contribution in [2.24, 2.45) is 9.98 Å². The normalized spacial score (nSPS) is 23.0. The van der Waals surface area contributed by atoms with Crippen molar-refractivity contribution in [3.8, 4) is 0 Å². The van der Waals surface area contributed by atoms with E-state index in [0.717, 1.165) is 11.3 Å². The number of hydrogen-bond donors (Lipinski definition) is 0. The van der Waals surface area contributed by atoms with Crippen molar-refractivity contribution in [1.29, 1.82) is 0 Å². The van der Waals surface area contributed by atoms with Gasteiger partial charge in [0, 0.05) is 0 Å². The van der Waals surface area contributed by atoms with Gasteiger partial charge in [0.1, 0.15) is 30.6 Å². The van der Waals surface area contributed by atoms with Gasteiger partial charge in [0.05, 0.1) is 6.04 Å². The number of nitrogens with zero attached hydrogens (tertiary/aromatic N) is 3. The lowest BCUT2D eigenvalue weighted by Gasteiger charge is -2.04. The minimum absolute atomic E-state index is 0.0248. The van der Waals surface area contributed by atoms with Crippen LogP contribution in [-0.4, -0.2) is 36.0 Å². The molecule has 2 aromatic rings. The van der Waals surface area contributed by atoms with Crippen molar-refractivity contribution >= 4 is 11.8 Å². The largest absolute Gasteiger partial charge is 0.474 e. The number of aliphatic imine (C=N–C) groups is 2. The Morgan fingerprint density at radius 3 is 2.22 bits per heavy atom. The van der Waals surface area contributed by atoms with Gasteiger partial charge in [0.25, 0.3) is 0 Å². The monoisotopic (exact) mass is 307 g/mol. The van der Waals surface area contributed by atoms with E-state index in [0.29, 0.717) is 30.7 Å². The first-order valence-corrected chi connectivity index (χ1v) is 7.73. The number of pyridine rings is 1. The lowest BCUT2D eigenvalue weighted by Crippen LogP contribution is -2.10. The molecule has 23 heavy (non-hydrogen) atoms. The molecular formula is C18H17N3O2. The molecule has 116 valence electrons. The molecule has 0 saturated heterocycles. The minimum Gasteiger partial charge on any atom is -0.474 e. The van der Waals surface area contributed by atoms with Crippen LogP contribution in [0.1, 0.15) is 29.9 Å². The molecule has 0 unspecified atom stereocenters. The van der Waals surface area contributed by atoms with Crippen molar-refractivity contribution < 1.29 is 9.47 Å². The lowest BCUT2D eigenvalue weighted by molar-refractivity contribution is 0.318.